The molecule has 0 amide bonds. The minimum Gasteiger partial charge on any atom is -0.308 e. The number of rotatable bonds is 4. The van der Waals surface area contributed by atoms with E-state index in [-0.39, 0.29) is 11.6 Å². The fourth-order valence-corrected chi connectivity index (χ4v) is 3.72. The van der Waals surface area contributed by atoms with E-state index in [1.54, 1.807) is 0 Å². The third kappa shape index (κ3) is 3.76. The lowest BCUT2D eigenvalue weighted by molar-refractivity contribution is 0.287. The predicted molar refractivity (Wildman–Crippen MR) is 63.8 cm³/mol. The van der Waals surface area contributed by atoms with E-state index in [1.165, 1.54) is 0 Å². The highest BCUT2D eigenvalue weighted by Gasteiger charge is 2.29. The lowest BCUT2D eigenvalue weighted by Gasteiger charge is -2.35. The topological polar surface area (TPSA) is 46.2 Å². The fraction of sp³-hybridized carbons (Fsp3) is 1.00. The number of nitrogens with one attached hydrogen (secondary N) is 1. The summed E-state index contributed by atoms with van der Waals surface area (Å²) < 4.78 is 23.0. The van der Waals surface area contributed by atoms with E-state index in [2.05, 4.69) is 26.1 Å². The summed E-state index contributed by atoms with van der Waals surface area (Å²) in [4.78, 5) is 0. The van der Waals surface area contributed by atoms with Crippen molar-refractivity contribution in [2.75, 3.05) is 11.5 Å². The fourth-order valence-electron chi connectivity index (χ4n) is 2.08. The van der Waals surface area contributed by atoms with Gasteiger partial charge in [0.1, 0.15) is 0 Å². The summed E-state index contributed by atoms with van der Waals surface area (Å²) in [6.07, 6.45) is 3.89. The molecule has 15 heavy (non-hydrogen) atoms. The molecule has 0 radical (unpaired) electrons. The molecule has 0 aromatic carbocycles. The van der Waals surface area contributed by atoms with Crippen molar-refractivity contribution in [2.45, 2.75) is 58.0 Å². The summed E-state index contributed by atoms with van der Waals surface area (Å²) in [7, 11) is -2.78. The molecule has 0 aliphatic carbocycles. The quantitative estimate of drug-likeness (QED) is 0.804. The Morgan fingerprint density at radius 3 is 2.40 bits per heavy atom. The molecule has 0 aromatic heterocycles. The van der Waals surface area contributed by atoms with Crippen LogP contribution in [-0.2, 0) is 9.84 Å². The zero-order valence-corrected chi connectivity index (χ0v) is 10.9. The van der Waals surface area contributed by atoms with Crippen molar-refractivity contribution in [3.63, 3.8) is 0 Å². The summed E-state index contributed by atoms with van der Waals surface area (Å²) in [6, 6.07) is 0.161. The van der Waals surface area contributed by atoms with Gasteiger partial charge in [-0.2, -0.15) is 0 Å². The molecule has 1 aliphatic rings. The van der Waals surface area contributed by atoms with E-state index in [4.69, 9.17) is 0 Å². The molecule has 0 bridgehead atoms. The minimum absolute atomic E-state index is 0.0948. The van der Waals surface area contributed by atoms with Crippen LogP contribution >= 0.6 is 0 Å². The second kappa shape index (κ2) is 4.83. The zero-order chi connectivity index (χ0) is 11.5. The van der Waals surface area contributed by atoms with E-state index in [0.717, 1.165) is 25.7 Å². The van der Waals surface area contributed by atoms with Crippen LogP contribution in [0.5, 0.6) is 0 Å². The molecule has 1 N–H and O–H groups in total. The molecule has 1 rings (SSSR count). The Morgan fingerprint density at radius 1 is 1.33 bits per heavy atom. The highest BCUT2D eigenvalue weighted by atomic mass is 32.2. The Kier molecular flexibility index (Phi) is 4.18. The second-order valence-electron chi connectivity index (χ2n) is 4.87. The zero-order valence-electron chi connectivity index (χ0n) is 10.0. The lowest BCUT2D eigenvalue weighted by Crippen LogP contribution is -2.51. The first-order chi connectivity index (χ1) is 6.91. The summed E-state index contributed by atoms with van der Waals surface area (Å²) in [5.41, 5.74) is 0.0948. The van der Waals surface area contributed by atoms with Gasteiger partial charge in [0.2, 0.25) is 0 Å². The van der Waals surface area contributed by atoms with E-state index < -0.39 is 9.84 Å². The Hall–Kier alpha value is -0.0900. The van der Waals surface area contributed by atoms with Crippen LogP contribution in [0.2, 0.25) is 0 Å². The first kappa shape index (κ1) is 13.0. The highest BCUT2D eigenvalue weighted by molar-refractivity contribution is 7.91. The van der Waals surface area contributed by atoms with Crippen molar-refractivity contribution < 1.29 is 8.42 Å². The molecule has 90 valence electrons. The van der Waals surface area contributed by atoms with Crippen LogP contribution in [0.1, 0.15) is 46.5 Å². The molecule has 1 aliphatic heterocycles. The minimum atomic E-state index is -2.78. The van der Waals surface area contributed by atoms with Crippen molar-refractivity contribution in [3.8, 4) is 0 Å². The normalized spacial score (nSPS) is 26.5. The molecule has 4 heteroatoms. The van der Waals surface area contributed by atoms with Gasteiger partial charge in [-0.1, -0.05) is 13.8 Å². The van der Waals surface area contributed by atoms with Crippen molar-refractivity contribution in [1.29, 1.82) is 0 Å². The molecule has 1 unspecified atom stereocenters. The standard InChI is InChI=1S/C11H23NO2S/c1-4-11(3,5-2)12-10-7-6-8-15(13,14)9-10/h10,12H,4-9H2,1-3H3. The van der Waals surface area contributed by atoms with Crippen LogP contribution in [0, 0.1) is 0 Å². The maximum Gasteiger partial charge on any atom is 0.151 e. The Morgan fingerprint density at radius 2 is 1.93 bits per heavy atom. The third-order valence-corrected chi connectivity index (χ3v) is 5.40. The molecular formula is C11H23NO2S. The van der Waals surface area contributed by atoms with Gasteiger partial charge in [0, 0.05) is 11.6 Å². The monoisotopic (exact) mass is 233 g/mol. The number of sulfone groups is 1. The molecule has 1 fully saturated rings. The van der Waals surface area contributed by atoms with Crippen molar-refractivity contribution >= 4 is 9.84 Å². The molecule has 0 saturated carbocycles. The smallest absolute Gasteiger partial charge is 0.151 e. The van der Waals surface area contributed by atoms with Gasteiger partial charge in [-0.05, 0) is 32.6 Å². The molecule has 0 spiro atoms. The number of hydrogen-bond donors (Lipinski definition) is 1. The van der Waals surface area contributed by atoms with Crippen molar-refractivity contribution in [2.24, 2.45) is 0 Å². The van der Waals surface area contributed by atoms with Gasteiger partial charge in [-0.25, -0.2) is 8.42 Å². The summed E-state index contributed by atoms with van der Waals surface area (Å²) in [6.45, 7) is 6.47. The van der Waals surface area contributed by atoms with Gasteiger partial charge in [-0.3, -0.25) is 0 Å². The summed E-state index contributed by atoms with van der Waals surface area (Å²) in [5.74, 6) is 0.697. The van der Waals surface area contributed by atoms with Crippen molar-refractivity contribution in [1.82, 2.24) is 5.32 Å². The molecule has 1 saturated heterocycles. The van der Waals surface area contributed by atoms with Crippen LogP contribution in [0.15, 0.2) is 0 Å². The van der Waals surface area contributed by atoms with Gasteiger partial charge in [-0.15, -0.1) is 0 Å². The van der Waals surface area contributed by atoms with Crippen LogP contribution in [0.4, 0.5) is 0 Å². The van der Waals surface area contributed by atoms with Crippen LogP contribution in [0.3, 0.4) is 0 Å². The van der Waals surface area contributed by atoms with Crippen LogP contribution in [-0.4, -0.2) is 31.5 Å². The first-order valence-electron chi connectivity index (χ1n) is 5.89. The van der Waals surface area contributed by atoms with Crippen molar-refractivity contribution in [3.05, 3.63) is 0 Å². The van der Waals surface area contributed by atoms with E-state index in [1.807, 2.05) is 0 Å². The van der Waals surface area contributed by atoms with E-state index in [9.17, 15) is 8.42 Å². The van der Waals surface area contributed by atoms with E-state index in [0.29, 0.717) is 11.5 Å². The van der Waals surface area contributed by atoms with Crippen LogP contribution in [0.25, 0.3) is 0 Å². The second-order valence-corrected chi connectivity index (χ2v) is 7.09. The van der Waals surface area contributed by atoms with Gasteiger partial charge >= 0.3 is 0 Å². The molecule has 1 atom stereocenters. The number of hydrogen-bond acceptors (Lipinski definition) is 3. The predicted octanol–water partition coefficient (Wildman–Crippen LogP) is 1.73. The maximum absolute atomic E-state index is 11.5. The molecule has 1 heterocycles. The highest BCUT2D eigenvalue weighted by Crippen LogP contribution is 2.19. The van der Waals surface area contributed by atoms with Gasteiger partial charge in [0.25, 0.3) is 0 Å². The lowest BCUT2D eigenvalue weighted by atomic mass is 9.94. The SMILES string of the molecule is CCC(C)(CC)NC1CCCS(=O)(=O)C1. The summed E-state index contributed by atoms with van der Waals surface area (Å²) in [5, 5.41) is 3.51. The van der Waals surface area contributed by atoms with Crippen LogP contribution < -0.4 is 5.32 Å². The molecule has 3 nitrogen and oxygen atoms in total. The van der Waals surface area contributed by atoms with E-state index >= 15 is 0 Å². The average Bonchev–Trinajstić information content (AvgIpc) is 2.16. The molecular weight excluding hydrogens is 210 g/mol. The average molecular weight is 233 g/mol. The largest absolute Gasteiger partial charge is 0.308 e. The Labute approximate surface area is 93.6 Å². The Balaban J connectivity index is 2.58. The first-order valence-corrected chi connectivity index (χ1v) is 7.71. The Bertz CT molecular complexity index is 294. The summed E-state index contributed by atoms with van der Waals surface area (Å²) >= 11 is 0. The van der Waals surface area contributed by atoms with Gasteiger partial charge < -0.3 is 5.32 Å². The van der Waals surface area contributed by atoms with Gasteiger partial charge in [0.15, 0.2) is 9.84 Å². The third-order valence-electron chi connectivity index (χ3n) is 3.58. The molecule has 0 aromatic rings. The van der Waals surface area contributed by atoms with Gasteiger partial charge in [0.05, 0.1) is 11.5 Å². The maximum atomic E-state index is 11.5.